The van der Waals surface area contributed by atoms with Gasteiger partial charge in [0.2, 0.25) is 5.52 Å². The third kappa shape index (κ3) is 1.87. The highest BCUT2D eigenvalue weighted by atomic mass is 19.1. The van der Waals surface area contributed by atoms with E-state index in [0.717, 1.165) is 43.6 Å². The van der Waals surface area contributed by atoms with Gasteiger partial charge in [-0.1, -0.05) is 0 Å². The molecule has 3 aromatic heterocycles. The van der Waals surface area contributed by atoms with Crippen LogP contribution in [0.4, 0.5) is 10.1 Å². The summed E-state index contributed by atoms with van der Waals surface area (Å²) in [4.78, 5) is 3.71. The summed E-state index contributed by atoms with van der Waals surface area (Å²) in [5, 5.41) is 5.32. The summed E-state index contributed by atoms with van der Waals surface area (Å²) < 4.78 is 18.6. The number of hydrogen-bond donors (Lipinski definition) is 0. The minimum absolute atomic E-state index is 0.237. The molecule has 0 amide bonds. The Hall–Kier alpha value is -3.71. The second-order valence-electron chi connectivity index (χ2n) is 7.90. The lowest BCUT2D eigenvalue weighted by atomic mass is 9.96. The Bertz CT molecular complexity index is 1700. The lowest BCUT2D eigenvalue weighted by Crippen LogP contribution is -2.29. The number of rotatable bonds is 0. The summed E-state index contributed by atoms with van der Waals surface area (Å²) in [5.41, 5.74) is 7.22. The molecule has 0 unspecified atom stereocenters. The summed E-state index contributed by atoms with van der Waals surface area (Å²) in [6.07, 6.45) is 2.06. The Balaban J connectivity index is 2.14. The topological polar surface area (TPSA) is 12.7 Å². The van der Waals surface area contributed by atoms with E-state index in [1.165, 1.54) is 22.6 Å². The Morgan fingerprint density at radius 3 is 2.59 bits per heavy atom. The first-order valence-electron chi connectivity index (χ1n) is 9.58. The minimum Gasteiger partial charge on any atom is -0.309 e. The van der Waals surface area contributed by atoms with E-state index in [1.807, 2.05) is 18.2 Å². The molecule has 0 atom stereocenters. The van der Waals surface area contributed by atoms with Crippen LogP contribution in [0.1, 0.15) is 11.1 Å². The van der Waals surface area contributed by atoms with Crippen molar-refractivity contribution in [1.29, 1.82) is 0 Å². The van der Waals surface area contributed by atoms with E-state index >= 15 is 0 Å². The van der Waals surface area contributed by atoms with Gasteiger partial charge in [0.1, 0.15) is 12.9 Å². The molecule has 29 heavy (non-hydrogen) atoms. The van der Waals surface area contributed by atoms with E-state index < -0.39 is 0 Å². The van der Waals surface area contributed by atoms with Crippen LogP contribution < -0.4 is 4.57 Å². The number of halogens is 1. The fraction of sp³-hybridized carbons (Fsp3) is 0.120. The van der Waals surface area contributed by atoms with Crippen molar-refractivity contribution >= 4 is 54.7 Å². The molecule has 0 N–H and O–H groups in total. The van der Waals surface area contributed by atoms with Crippen LogP contribution in [0.2, 0.25) is 0 Å². The van der Waals surface area contributed by atoms with Gasteiger partial charge in [-0.25, -0.2) is 13.8 Å². The molecule has 0 fully saturated rings. The van der Waals surface area contributed by atoms with Crippen LogP contribution in [0.25, 0.3) is 53.8 Å². The Kier molecular flexibility index (Phi) is 2.92. The highest BCUT2D eigenvalue weighted by Crippen LogP contribution is 2.42. The van der Waals surface area contributed by atoms with Crippen LogP contribution in [-0.2, 0) is 7.05 Å². The Labute approximate surface area is 166 Å². The van der Waals surface area contributed by atoms with Crippen molar-refractivity contribution in [2.75, 3.05) is 0 Å². The zero-order valence-corrected chi connectivity index (χ0v) is 16.3. The van der Waals surface area contributed by atoms with Gasteiger partial charge in [0.05, 0.1) is 33.9 Å². The average molecular weight is 378 g/mol. The second kappa shape index (κ2) is 5.21. The maximum absolute atomic E-state index is 14.2. The molecule has 138 valence electrons. The summed E-state index contributed by atoms with van der Waals surface area (Å²) in [6.45, 7) is 11.8. The average Bonchev–Trinajstić information content (AvgIpc) is 3.03. The second-order valence-corrected chi connectivity index (χ2v) is 7.90. The lowest BCUT2D eigenvalue weighted by Gasteiger charge is -2.14. The predicted octanol–water partition coefficient (Wildman–Crippen LogP) is 6.12. The molecule has 3 heterocycles. The monoisotopic (exact) mass is 378 g/mol. The minimum atomic E-state index is -0.237. The van der Waals surface area contributed by atoms with Crippen molar-refractivity contribution in [3.63, 3.8) is 0 Å². The fourth-order valence-electron chi connectivity index (χ4n) is 4.93. The molecule has 6 rings (SSSR count). The summed E-state index contributed by atoms with van der Waals surface area (Å²) in [5.74, 6) is -0.237. The van der Waals surface area contributed by atoms with Crippen LogP contribution >= 0.6 is 0 Å². The van der Waals surface area contributed by atoms with Crippen molar-refractivity contribution in [2.45, 2.75) is 13.8 Å². The fourth-order valence-corrected chi connectivity index (χ4v) is 4.93. The molecular formula is C25H17FN3+. The first-order chi connectivity index (χ1) is 14.0. The number of pyridine rings is 2. The van der Waals surface area contributed by atoms with Gasteiger partial charge in [-0.15, -0.1) is 0 Å². The zero-order valence-electron chi connectivity index (χ0n) is 16.3. The van der Waals surface area contributed by atoms with Gasteiger partial charge < -0.3 is 4.40 Å². The number of hydrogen-bond acceptors (Lipinski definition) is 0. The smallest absolute Gasteiger partial charge is 0.224 e. The van der Waals surface area contributed by atoms with E-state index in [-0.39, 0.29) is 5.82 Å². The van der Waals surface area contributed by atoms with E-state index in [2.05, 4.69) is 53.0 Å². The number of aromatic nitrogens is 2. The van der Waals surface area contributed by atoms with E-state index in [0.29, 0.717) is 5.69 Å². The molecular weight excluding hydrogens is 361 g/mol. The van der Waals surface area contributed by atoms with Crippen LogP contribution in [0, 0.1) is 26.2 Å². The van der Waals surface area contributed by atoms with Crippen LogP contribution in [0.5, 0.6) is 0 Å². The molecule has 0 saturated carbocycles. The van der Waals surface area contributed by atoms with Gasteiger partial charge in [0, 0.05) is 16.8 Å². The standard InChI is InChI=1S/C25H17FN3/c1-13-9-19-18-11-16(26)5-6-20(18)29-21-12-17(27-3)10-15-7-8-28(4)25(23(15)21)22(14(13)2)24(19)29/h5-12H,1-2,4H3/q+1. The maximum atomic E-state index is 14.2. The largest absolute Gasteiger partial charge is 0.309 e. The molecule has 0 radical (unpaired) electrons. The summed E-state index contributed by atoms with van der Waals surface area (Å²) in [7, 11) is 2.06. The maximum Gasteiger partial charge on any atom is 0.224 e. The van der Waals surface area contributed by atoms with Crippen LogP contribution in [0.15, 0.2) is 48.7 Å². The third-order valence-corrected chi connectivity index (χ3v) is 6.34. The molecule has 0 aliphatic carbocycles. The van der Waals surface area contributed by atoms with Crippen molar-refractivity contribution < 1.29 is 8.96 Å². The van der Waals surface area contributed by atoms with Crippen molar-refractivity contribution in [3.05, 3.63) is 77.0 Å². The molecule has 0 bridgehead atoms. The summed E-state index contributed by atoms with van der Waals surface area (Å²) in [6, 6.07) is 13.1. The highest BCUT2D eigenvalue weighted by molar-refractivity contribution is 6.26. The van der Waals surface area contributed by atoms with Gasteiger partial charge in [0.15, 0.2) is 11.9 Å². The summed E-state index contributed by atoms with van der Waals surface area (Å²) >= 11 is 0. The SMILES string of the molecule is [C-]#[N+]c1cc2cc[n+](C)c3c4c(C)c(C)cc5c6cc(F)ccc6n(c(c1)c23)c54. The molecule has 0 saturated heterocycles. The Morgan fingerprint density at radius 2 is 1.79 bits per heavy atom. The first-order valence-corrected chi connectivity index (χ1v) is 9.58. The van der Waals surface area contributed by atoms with E-state index in [4.69, 9.17) is 6.57 Å². The van der Waals surface area contributed by atoms with Crippen LogP contribution in [-0.4, -0.2) is 4.40 Å². The normalized spacial score (nSPS) is 12.1. The van der Waals surface area contributed by atoms with Gasteiger partial charge in [-0.2, -0.15) is 0 Å². The zero-order chi connectivity index (χ0) is 20.0. The molecule has 0 spiro atoms. The number of benzene rings is 3. The van der Waals surface area contributed by atoms with Crippen LogP contribution in [0.3, 0.4) is 0 Å². The number of nitrogens with zero attached hydrogens (tertiary/aromatic N) is 3. The molecule has 3 nitrogen and oxygen atoms in total. The molecule has 3 aromatic carbocycles. The lowest BCUT2D eigenvalue weighted by molar-refractivity contribution is -0.643. The number of aryl methyl sites for hydroxylation is 3. The van der Waals surface area contributed by atoms with Gasteiger partial charge in [-0.3, -0.25) is 0 Å². The van der Waals surface area contributed by atoms with Gasteiger partial charge >= 0.3 is 0 Å². The molecule has 4 heteroatoms. The van der Waals surface area contributed by atoms with Crippen molar-refractivity contribution in [3.8, 4) is 0 Å². The highest BCUT2D eigenvalue weighted by Gasteiger charge is 2.25. The van der Waals surface area contributed by atoms with Gasteiger partial charge in [0.25, 0.3) is 0 Å². The first kappa shape index (κ1) is 16.3. The molecule has 6 aromatic rings. The third-order valence-electron chi connectivity index (χ3n) is 6.34. The Morgan fingerprint density at radius 1 is 0.966 bits per heavy atom. The van der Waals surface area contributed by atoms with Crippen molar-refractivity contribution in [2.24, 2.45) is 7.05 Å². The number of fused-ring (bicyclic) bond motifs is 5. The van der Waals surface area contributed by atoms with E-state index in [9.17, 15) is 4.39 Å². The molecule has 0 aliphatic heterocycles. The van der Waals surface area contributed by atoms with Crippen molar-refractivity contribution in [1.82, 2.24) is 4.40 Å². The predicted molar refractivity (Wildman–Crippen MR) is 115 cm³/mol. The quantitative estimate of drug-likeness (QED) is 0.131. The molecule has 0 aliphatic rings. The van der Waals surface area contributed by atoms with E-state index in [1.54, 1.807) is 6.07 Å². The van der Waals surface area contributed by atoms with Gasteiger partial charge in [-0.05, 0) is 66.8 Å².